The van der Waals surface area contributed by atoms with Gasteiger partial charge < -0.3 is 15.7 Å². The Bertz CT molecular complexity index is 468. The summed E-state index contributed by atoms with van der Waals surface area (Å²) in [4.78, 5) is 23.2. The smallest absolute Gasteiger partial charge is 0.329 e. The molecule has 0 aliphatic heterocycles. The van der Waals surface area contributed by atoms with Crippen LogP contribution in [0.4, 0.5) is 10.5 Å². The number of nitrogens with one attached hydrogen (secondary N) is 2. The van der Waals surface area contributed by atoms with Gasteiger partial charge in [0.25, 0.3) is 0 Å². The number of carbonyl (C=O) groups is 2. The van der Waals surface area contributed by atoms with Gasteiger partial charge in [-0.05, 0) is 31.4 Å². The van der Waals surface area contributed by atoms with E-state index in [1.807, 2.05) is 25.1 Å². The number of benzene rings is 1. The average Bonchev–Trinajstić information content (AvgIpc) is 2.38. The van der Waals surface area contributed by atoms with Gasteiger partial charge in [-0.15, -0.1) is 0 Å². The van der Waals surface area contributed by atoms with E-state index in [2.05, 4.69) is 10.6 Å². The zero-order valence-corrected chi connectivity index (χ0v) is 11.5. The molecule has 19 heavy (non-hydrogen) atoms. The molecule has 1 aromatic carbocycles. The summed E-state index contributed by atoms with van der Waals surface area (Å²) >= 11 is 0. The Hall–Kier alpha value is -2.04. The van der Waals surface area contributed by atoms with E-state index in [1.165, 1.54) is 0 Å². The van der Waals surface area contributed by atoms with E-state index in [4.69, 9.17) is 0 Å². The minimum atomic E-state index is -1.22. The molecule has 0 aromatic heterocycles. The van der Waals surface area contributed by atoms with Gasteiger partial charge in [0.1, 0.15) is 5.54 Å². The highest BCUT2D eigenvalue weighted by Gasteiger charge is 2.36. The van der Waals surface area contributed by atoms with Crippen molar-refractivity contribution in [1.29, 1.82) is 0 Å². The molecule has 0 spiro atoms. The standard InChI is InChI=1S/C14H20N2O3/c1-4-14(5-2,12(17)18)16-13(19)15-11-9-7-6-8-10(11)3/h6-9H,4-5H2,1-3H3,(H,17,18)(H2,15,16,19). The first-order valence-electron chi connectivity index (χ1n) is 6.33. The normalized spacial score (nSPS) is 10.9. The minimum absolute atomic E-state index is 0.333. The van der Waals surface area contributed by atoms with Crippen LogP contribution in [0.3, 0.4) is 0 Å². The number of aryl methyl sites for hydroxylation is 1. The number of hydrogen-bond donors (Lipinski definition) is 3. The molecular weight excluding hydrogens is 244 g/mol. The monoisotopic (exact) mass is 264 g/mol. The maximum Gasteiger partial charge on any atom is 0.329 e. The molecule has 1 rings (SSSR count). The number of urea groups is 1. The Balaban J connectivity index is 2.80. The van der Waals surface area contributed by atoms with Gasteiger partial charge in [0.15, 0.2) is 0 Å². The van der Waals surface area contributed by atoms with Gasteiger partial charge in [-0.1, -0.05) is 32.0 Å². The molecule has 0 atom stereocenters. The highest BCUT2D eigenvalue weighted by molar-refractivity contribution is 5.94. The van der Waals surface area contributed by atoms with E-state index in [0.717, 1.165) is 5.56 Å². The SMILES string of the molecule is CCC(CC)(NC(=O)Nc1ccccc1C)C(=O)O. The number of carboxylic acid groups (broad SMARTS) is 1. The van der Waals surface area contributed by atoms with Crippen molar-refractivity contribution in [2.75, 3.05) is 5.32 Å². The van der Waals surface area contributed by atoms with Crippen molar-refractivity contribution in [2.45, 2.75) is 39.2 Å². The van der Waals surface area contributed by atoms with Crippen LogP contribution in [0.2, 0.25) is 0 Å². The summed E-state index contributed by atoms with van der Waals surface area (Å²) in [5.41, 5.74) is 0.380. The van der Waals surface area contributed by atoms with E-state index in [1.54, 1.807) is 19.9 Å². The molecule has 2 amide bonds. The molecule has 5 nitrogen and oxygen atoms in total. The fourth-order valence-corrected chi connectivity index (χ4v) is 1.87. The van der Waals surface area contributed by atoms with Crippen LogP contribution >= 0.6 is 0 Å². The fraction of sp³-hybridized carbons (Fsp3) is 0.429. The molecular formula is C14H20N2O3. The van der Waals surface area contributed by atoms with E-state index in [-0.39, 0.29) is 0 Å². The lowest BCUT2D eigenvalue weighted by atomic mass is 9.93. The van der Waals surface area contributed by atoms with Gasteiger partial charge in [-0.3, -0.25) is 0 Å². The first kappa shape index (κ1) is 15.0. The molecule has 0 saturated carbocycles. The zero-order chi connectivity index (χ0) is 14.5. The quantitative estimate of drug-likeness (QED) is 0.765. The Morgan fingerprint density at radius 1 is 1.21 bits per heavy atom. The molecule has 0 radical (unpaired) electrons. The summed E-state index contributed by atoms with van der Waals surface area (Å²) in [5, 5.41) is 14.5. The Kier molecular flexibility index (Phi) is 4.92. The molecule has 1 aromatic rings. The summed E-state index contributed by atoms with van der Waals surface area (Å²) in [6.07, 6.45) is 0.667. The number of carbonyl (C=O) groups excluding carboxylic acids is 1. The third-order valence-electron chi connectivity index (χ3n) is 3.36. The molecule has 3 N–H and O–H groups in total. The predicted octanol–water partition coefficient (Wildman–Crippen LogP) is 2.76. The van der Waals surface area contributed by atoms with Gasteiger partial charge in [0.2, 0.25) is 0 Å². The van der Waals surface area contributed by atoms with Crippen LogP contribution in [0, 0.1) is 6.92 Å². The van der Waals surface area contributed by atoms with Gasteiger partial charge in [-0.2, -0.15) is 0 Å². The average molecular weight is 264 g/mol. The second-order valence-electron chi connectivity index (χ2n) is 4.49. The highest BCUT2D eigenvalue weighted by atomic mass is 16.4. The summed E-state index contributed by atoms with van der Waals surface area (Å²) in [6, 6.07) is 6.83. The highest BCUT2D eigenvalue weighted by Crippen LogP contribution is 2.17. The van der Waals surface area contributed by atoms with Gasteiger partial charge in [0, 0.05) is 5.69 Å². The summed E-state index contributed by atoms with van der Waals surface area (Å²) in [7, 11) is 0. The van der Waals surface area contributed by atoms with Crippen LogP contribution in [0.15, 0.2) is 24.3 Å². The molecule has 0 bridgehead atoms. The number of para-hydroxylation sites is 1. The molecule has 0 aliphatic carbocycles. The third kappa shape index (κ3) is 3.47. The molecule has 0 fully saturated rings. The first-order valence-corrected chi connectivity index (χ1v) is 6.33. The predicted molar refractivity (Wildman–Crippen MR) is 74.3 cm³/mol. The Morgan fingerprint density at radius 3 is 2.26 bits per heavy atom. The van der Waals surface area contributed by atoms with Gasteiger partial charge in [-0.25, -0.2) is 9.59 Å². The molecule has 0 unspecified atom stereocenters. The lowest BCUT2D eigenvalue weighted by molar-refractivity contribution is -0.144. The van der Waals surface area contributed by atoms with E-state index >= 15 is 0 Å². The number of carboxylic acids is 1. The van der Waals surface area contributed by atoms with Crippen molar-refractivity contribution in [2.24, 2.45) is 0 Å². The topological polar surface area (TPSA) is 78.4 Å². The summed E-state index contributed by atoms with van der Waals surface area (Å²) in [6.45, 7) is 5.36. The lowest BCUT2D eigenvalue weighted by Crippen LogP contribution is -2.55. The molecule has 0 saturated heterocycles. The van der Waals surface area contributed by atoms with Gasteiger partial charge >= 0.3 is 12.0 Å². The number of amides is 2. The van der Waals surface area contributed by atoms with Crippen molar-refractivity contribution in [3.63, 3.8) is 0 Å². The number of hydrogen-bond acceptors (Lipinski definition) is 2. The van der Waals surface area contributed by atoms with Crippen LogP contribution in [0.5, 0.6) is 0 Å². The molecule has 0 heterocycles. The number of aliphatic carboxylic acids is 1. The van der Waals surface area contributed by atoms with Crippen molar-refractivity contribution >= 4 is 17.7 Å². The summed E-state index contributed by atoms with van der Waals surface area (Å²) < 4.78 is 0. The van der Waals surface area contributed by atoms with E-state index in [0.29, 0.717) is 18.5 Å². The molecule has 104 valence electrons. The van der Waals surface area contributed by atoms with Crippen LogP contribution in [-0.4, -0.2) is 22.6 Å². The van der Waals surface area contributed by atoms with E-state index in [9.17, 15) is 14.7 Å². The van der Waals surface area contributed by atoms with Gasteiger partial charge in [0.05, 0.1) is 0 Å². The van der Waals surface area contributed by atoms with Crippen LogP contribution in [-0.2, 0) is 4.79 Å². The minimum Gasteiger partial charge on any atom is -0.480 e. The molecule has 5 heteroatoms. The maximum absolute atomic E-state index is 11.9. The van der Waals surface area contributed by atoms with Crippen LogP contribution in [0.1, 0.15) is 32.3 Å². The first-order chi connectivity index (χ1) is 8.95. The van der Waals surface area contributed by atoms with Crippen molar-refractivity contribution < 1.29 is 14.7 Å². The lowest BCUT2D eigenvalue weighted by Gasteiger charge is -2.28. The molecule has 0 aliphatic rings. The number of rotatable bonds is 5. The maximum atomic E-state index is 11.9. The van der Waals surface area contributed by atoms with Crippen LogP contribution in [0.25, 0.3) is 0 Å². The largest absolute Gasteiger partial charge is 0.480 e. The summed E-state index contributed by atoms with van der Waals surface area (Å²) in [5.74, 6) is -1.02. The number of anilines is 1. The Morgan fingerprint density at radius 2 is 1.79 bits per heavy atom. The Labute approximate surface area is 113 Å². The fourth-order valence-electron chi connectivity index (χ4n) is 1.87. The second-order valence-corrected chi connectivity index (χ2v) is 4.49. The zero-order valence-electron chi connectivity index (χ0n) is 11.5. The second kappa shape index (κ2) is 6.22. The third-order valence-corrected chi connectivity index (χ3v) is 3.36. The van der Waals surface area contributed by atoms with Crippen molar-refractivity contribution in [3.05, 3.63) is 29.8 Å². The van der Waals surface area contributed by atoms with Crippen LogP contribution < -0.4 is 10.6 Å². The van der Waals surface area contributed by atoms with Crippen molar-refractivity contribution in [3.8, 4) is 0 Å². The van der Waals surface area contributed by atoms with Crippen molar-refractivity contribution in [1.82, 2.24) is 5.32 Å². The van der Waals surface area contributed by atoms with E-state index < -0.39 is 17.5 Å².